The van der Waals surface area contributed by atoms with Gasteiger partial charge in [0.05, 0.1) is 71.6 Å². The van der Waals surface area contributed by atoms with Crippen molar-refractivity contribution >= 4 is 63.8 Å². The van der Waals surface area contributed by atoms with Gasteiger partial charge in [-0.1, -0.05) is 48.9 Å². The second-order valence-electron chi connectivity index (χ2n) is 32.3. The van der Waals surface area contributed by atoms with Gasteiger partial charge >= 0.3 is 0 Å². The number of piperazine rings is 1. The molecule has 25 heteroatoms. The van der Waals surface area contributed by atoms with E-state index in [1.807, 2.05) is 168 Å². The van der Waals surface area contributed by atoms with Crippen LogP contribution in [0.2, 0.25) is 0 Å². The van der Waals surface area contributed by atoms with Crippen molar-refractivity contribution in [1.82, 2.24) is 83.8 Å². The van der Waals surface area contributed by atoms with E-state index < -0.39 is 6.04 Å². The van der Waals surface area contributed by atoms with E-state index >= 15 is 4.79 Å². The van der Waals surface area contributed by atoms with Crippen molar-refractivity contribution < 1.29 is 28.8 Å². The molecule has 1 spiro atoms. The molecule has 574 valence electrons. The number of nitrogens with zero attached hydrogens (tertiary/aromatic N) is 15. The molecule has 0 aliphatic carbocycles. The fraction of sp³-hybridized carbons (Fsp3) is 0.326. The van der Waals surface area contributed by atoms with Gasteiger partial charge in [-0.05, 0) is 209 Å². The number of aromatic nitrogens is 9. The molecule has 5 fully saturated rings. The Morgan fingerprint density at radius 1 is 0.500 bits per heavy atom. The van der Waals surface area contributed by atoms with Gasteiger partial charge in [-0.3, -0.25) is 38.6 Å². The first-order valence-electron chi connectivity index (χ1n) is 40.1. The van der Waals surface area contributed by atoms with Crippen molar-refractivity contribution in [2.75, 3.05) is 90.2 Å². The second kappa shape index (κ2) is 28.8. The number of anilines is 2. The standard InChI is InChI=1S/C89H87N19O6/c1-100-37-39-102(40-38-100)68-27-34-104(35-28-68)87(113)58-13-7-55(8-14-58)72-21-24-80-92-52-77(108(80)99-72)62-43-64-47-82(110)96-84(64)70(45-62)74-48-89(29-3-4-31-94-89)30-36-105(74)88(114)59-15-9-56(10-16-59)73-20-23-79-91-51-76(107(79)98-73)61-42-63-46-81(109)95-83(63)66(44-61)53-101(2)67-25-32-103(33-26-67)86(112)57-11-5-54(6-12-57)71-19-22-78-90-50-75(106(78)97-71)60-17-18-69-65(41-60)49-93-85(69)111/h5-24,41-45,50-52,67-68,74,94H,3-4,25-40,46-49,53H2,1-2H3,(H,93,111)(H,95,109)(H,96,110). The first-order valence-corrected chi connectivity index (χ1v) is 40.1. The van der Waals surface area contributed by atoms with Crippen LogP contribution in [-0.4, -0.2) is 206 Å². The topological polar surface area (TPSA) is 261 Å². The highest BCUT2D eigenvalue weighted by molar-refractivity contribution is 6.03. The fourth-order valence-electron chi connectivity index (χ4n) is 19.0. The molecule has 5 saturated heterocycles. The van der Waals surface area contributed by atoms with Gasteiger partial charge in [-0.25, -0.2) is 28.5 Å². The van der Waals surface area contributed by atoms with Gasteiger partial charge in [-0.2, -0.15) is 15.3 Å². The van der Waals surface area contributed by atoms with Crippen LogP contribution in [0.1, 0.15) is 133 Å². The van der Waals surface area contributed by atoms with Gasteiger partial charge in [0, 0.05) is 157 Å². The summed E-state index contributed by atoms with van der Waals surface area (Å²) in [5, 5.41) is 28.6. The summed E-state index contributed by atoms with van der Waals surface area (Å²) >= 11 is 0. The third-order valence-electron chi connectivity index (χ3n) is 25.4. The fourth-order valence-corrected chi connectivity index (χ4v) is 19.0. The quantitative estimate of drug-likeness (QED) is 0.0789. The van der Waals surface area contributed by atoms with E-state index in [0.29, 0.717) is 90.1 Å². The molecule has 0 radical (unpaired) electrons. The Balaban J connectivity index is 0.516. The highest BCUT2D eigenvalue weighted by Gasteiger charge is 2.45. The average molecular weight is 1520 g/mol. The number of hydrogen-bond acceptors (Lipinski definition) is 16. The minimum atomic E-state index is -0.398. The molecule has 6 aromatic carbocycles. The number of benzene rings is 6. The van der Waals surface area contributed by atoms with Gasteiger partial charge in [-0.15, -0.1) is 0 Å². The summed E-state index contributed by atoms with van der Waals surface area (Å²) in [6, 6.07) is 49.3. The maximum absolute atomic E-state index is 15.5. The van der Waals surface area contributed by atoms with Crippen molar-refractivity contribution in [2.24, 2.45) is 0 Å². The molecule has 6 amide bonds. The van der Waals surface area contributed by atoms with E-state index in [2.05, 4.69) is 79.3 Å². The molecule has 6 aromatic heterocycles. The Morgan fingerprint density at radius 2 is 1.00 bits per heavy atom. The van der Waals surface area contributed by atoms with Crippen molar-refractivity contribution in [3.63, 3.8) is 0 Å². The third-order valence-corrected chi connectivity index (χ3v) is 25.4. The van der Waals surface area contributed by atoms with Gasteiger partial charge in [0.25, 0.3) is 23.6 Å². The number of hydrogen-bond donors (Lipinski definition) is 4. The van der Waals surface area contributed by atoms with Gasteiger partial charge < -0.3 is 40.9 Å². The summed E-state index contributed by atoms with van der Waals surface area (Å²) in [7, 11) is 4.30. The summed E-state index contributed by atoms with van der Waals surface area (Å²) in [5.41, 5.74) is 20.2. The van der Waals surface area contributed by atoms with E-state index in [1.165, 1.54) is 0 Å². The van der Waals surface area contributed by atoms with Crippen molar-refractivity contribution in [1.29, 1.82) is 0 Å². The Bertz CT molecular complexity index is 5880. The van der Waals surface area contributed by atoms with Crippen LogP contribution in [0.25, 0.3) is 84.5 Å². The molecule has 14 heterocycles. The van der Waals surface area contributed by atoms with E-state index in [-0.39, 0.29) is 59.9 Å². The number of likely N-dealkylation sites (N-methyl/N-ethyl adjacent to an activating group) is 1. The van der Waals surface area contributed by atoms with Crippen molar-refractivity contribution in [3.05, 3.63) is 220 Å². The van der Waals surface area contributed by atoms with E-state index in [9.17, 15) is 24.0 Å². The molecule has 2 atom stereocenters. The molecule has 8 aliphatic heterocycles. The largest absolute Gasteiger partial charge is 0.348 e. The zero-order valence-corrected chi connectivity index (χ0v) is 63.8. The number of likely N-dealkylation sites (tertiary alicyclic amines) is 3. The summed E-state index contributed by atoms with van der Waals surface area (Å²) in [5.74, 6) is -0.281. The number of carbonyl (C=O) groups is 6. The molecule has 20 rings (SSSR count). The first kappa shape index (κ1) is 70.9. The number of carbonyl (C=O) groups excluding carboxylic acids is 6. The SMILES string of the molecule is CN1CCN(C2CCN(C(=O)c3ccc(-c4ccc5ncc(-c6cc7c(c(C8CC9(CCCCN9)CCN8C(=O)c8ccc(-c9ccc%10ncc(-c%11cc%12c(c(CN(C)C%13CCN(C(=O)c%14ccc(-c%15ccc%16ncc(-c%17ccc%18c(c%17)CNC%18=O)n%16n%15)cc%14)CC%13)c%11)NC(=O)C%12)n%10n9)cc8)c6)NC(=O)C7)n5n4)cc3)CC2)CC1. The lowest BCUT2D eigenvalue weighted by Gasteiger charge is -2.49. The molecule has 0 saturated carbocycles. The lowest BCUT2D eigenvalue weighted by atomic mass is 9.75. The van der Waals surface area contributed by atoms with E-state index in [4.69, 9.17) is 25.3 Å². The average Bonchev–Trinajstić information content (AvgIpc) is 1.63. The van der Waals surface area contributed by atoms with E-state index in [0.717, 1.165) is 198 Å². The monoisotopic (exact) mass is 1520 g/mol. The van der Waals surface area contributed by atoms with Crippen molar-refractivity contribution in [2.45, 2.75) is 107 Å². The lowest BCUT2D eigenvalue weighted by molar-refractivity contribution is -0.115. The highest BCUT2D eigenvalue weighted by atomic mass is 16.2. The molecule has 0 bridgehead atoms. The van der Waals surface area contributed by atoms with E-state index in [1.54, 1.807) is 6.20 Å². The van der Waals surface area contributed by atoms with Crippen LogP contribution >= 0.6 is 0 Å². The molecule has 25 nitrogen and oxygen atoms in total. The predicted molar refractivity (Wildman–Crippen MR) is 433 cm³/mol. The summed E-state index contributed by atoms with van der Waals surface area (Å²) < 4.78 is 5.53. The van der Waals surface area contributed by atoms with Crippen LogP contribution in [0.3, 0.4) is 0 Å². The minimum absolute atomic E-state index is 0.0158. The summed E-state index contributed by atoms with van der Waals surface area (Å²) in [6.45, 7) is 9.51. The Hall–Kier alpha value is -12.2. The third kappa shape index (κ3) is 13.1. The number of nitrogens with one attached hydrogen (secondary N) is 4. The smallest absolute Gasteiger partial charge is 0.254 e. The van der Waals surface area contributed by atoms with Gasteiger partial charge in [0.2, 0.25) is 11.8 Å². The van der Waals surface area contributed by atoms with Crippen LogP contribution < -0.4 is 21.3 Å². The number of rotatable bonds is 14. The lowest BCUT2D eigenvalue weighted by Crippen LogP contribution is -2.57. The van der Waals surface area contributed by atoms with Crippen molar-refractivity contribution in [3.8, 4) is 67.5 Å². The molecular formula is C89H87N19O6. The number of fused-ring (bicyclic) bond motifs is 6. The molecule has 8 aliphatic rings. The predicted octanol–water partition coefficient (Wildman–Crippen LogP) is 11.1. The Kier molecular flexibility index (Phi) is 17.9. The van der Waals surface area contributed by atoms with Crippen LogP contribution in [0.5, 0.6) is 0 Å². The number of amides is 6. The molecule has 12 aromatic rings. The first-order chi connectivity index (χ1) is 55.6. The van der Waals surface area contributed by atoms with Crippen LogP contribution in [0.4, 0.5) is 11.4 Å². The Morgan fingerprint density at radius 3 is 1.55 bits per heavy atom. The second-order valence-corrected chi connectivity index (χ2v) is 32.3. The molecule has 2 unspecified atom stereocenters. The van der Waals surface area contributed by atoms with Gasteiger partial charge in [0.1, 0.15) is 0 Å². The molecule has 114 heavy (non-hydrogen) atoms. The Labute approximate surface area is 658 Å². The summed E-state index contributed by atoms with van der Waals surface area (Å²) in [4.78, 5) is 110. The molecular weight excluding hydrogens is 1430 g/mol. The maximum Gasteiger partial charge on any atom is 0.254 e. The summed E-state index contributed by atoms with van der Waals surface area (Å²) in [6.07, 6.45) is 14.1. The van der Waals surface area contributed by atoms with Crippen LogP contribution in [-0.2, 0) is 35.5 Å². The number of piperidine rings is 4. The maximum atomic E-state index is 15.5. The molecule has 4 N–H and O–H groups in total. The van der Waals surface area contributed by atoms with Gasteiger partial charge in [0.15, 0.2) is 16.9 Å². The van der Waals surface area contributed by atoms with Crippen LogP contribution in [0, 0.1) is 0 Å². The normalized spacial score (nSPS) is 19.6. The van der Waals surface area contributed by atoms with Crippen LogP contribution in [0.15, 0.2) is 170 Å². The highest BCUT2D eigenvalue weighted by Crippen LogP contribution is 2.47. The zero-order chi connectivity index (χ0) is 77.0. The number of imidazole rings is 3. The minimum Gasteiger partial charge on any atom is -0.348 e. The zero-order valence-electron chi connectivity index (χ0n) is 63.8.